The third-order valence-corrected chi connectivity index (χ3v) is 3.28. The molecule has 0 spiro atoms. The van der Waals surface area contributed by atoms with Gasteiger partial charge in [0.25, 0.3) is 0 Å². The van der Waals surface area contributed by atoms with Gasteiger partial charge in [-0.05, 0) is 55.4 Å². The number of hydrogen-bond donors (Lipinski definition) is 1. The second-order valence-electron chi connectivity index (χ2n) is 6.46. The Kier molecular flexibility index (Phi) is 4.15. The molecule has 0 saturated heterocycles. The van der Waals surface area contributed by atoms with Crippen molar-refractivity contribution in [2.45, 2.75) is 52.6 Å². The first-order chi connectivity index (χ1) is 8.53. The van der Waals surface area contributed by atoms with E-state index in [4.69, 9.17) is 4.74 Å². The summed E-state index contributed by atoms with van der Waals surface area (Å²) in [4.78, 5) is 0. The predicted octanol–water partition coefficient (Wildman–Crippen LogP) is 4.47. The molecule has 1 saturated carbocycles. The van der Waals surface area contributed by atoms with Gasteiger partial charge in [0.05, 0.1) is 6.10 Å². The van der Waals surface area contributed by atoms with Crippen molar-refractivity contribution in [2.24, 2.45) is 5.41 Å². The molecule has 2 nitrogen and oxygen atoms in total. The molecule has 1 aromatic carbocycles. The topological polar surface area (TPSA) is 21.3 Å². The number of benzene rings is 1. The maximum absolute atomic E-state index is 5.95. The summed E-state index contributed by atoms with van der Waals surface area (Å²) in [5.74, 6) is 1.00. The Hall–Kier alpha value is -1.18. The van der Waals surface area contributed by atoms with E-state index >= 15 is 0 Å². The van der Waals surface area contributed by atoms with E-state index in [2.05, 4.69) is 50.4 Å². The molecule has 0 bridgehead atoms. The molecule has 0 amide bonds. The Morgan fingerprint density at radius 1 is 1.11 bits per heavy atom. The van der Waals surface area contributed by atoms with Crippen LogP contribution in [0.1, 0.15) is 46.5 Å². The molecule has 0 atom stereocenters. The molecule has 0 heterocycles. The lowest BCUT2D eigenvalue weighted by Crippen LogP contribution is -2.18. The number of rotatable bonds is 4. The summed E-state index contributed by atoms with van der Waals surface area (Å²) in [5, 5.41) is 3.45. The third kappa shape index (κ3) is 4.25. The monoisotopic (exact) mass is 247 g/mol. The van der Waals surface area contributed by atoms with Crippen LogP contribution >= 0.6 is 0 Å². The van der Waals surface area contributed by atoms with E-state index in [0.717, 1.165) is 12.3 Å². The highest BCUT2D eigenvalue weighted by molar-refractivity contribution is 5.46. The van der Waals surface area contributed by atoms with Gasteiger partial charge in [0.2, 0.25) is 0 Å². The summed E-state index contributed by atoms with van der Waals surface area (Å²) in [5.41, 5.74) is 1.47. The van der Waals surface area contributed by atoms with E-state index in [1.807, 2.05) is 0 Å². The first-order valence-corrected chi connectivity index (χ1v) is 7.03. The SMILES string of the molecule is CC(C)(C)CNc1ccc(OC2CCCC2)cc1. The van der Waals surface area contributed by atoms with E-state index in [0.29, 0.717) is 11.5 Å². The van der Waals surface area contributed by atoms with E-state index in [1.54, 1.807) is 0 Å². The van der Waals surface area contributed by atoms with Crippen LogP contribution in [0.2, 0.25) is 0 Å². The Balaban J connectivity index is 1.85. The van der Waals surface area contributed by atoms with Gasteiger partial charge in [-0.3, -0.25) is 0 Å². The minimum atomic E-state index is 0.305. The zero-order valence-corrected chi connectivity index (χ0v) is 11.8. The van der Waals surface area contributed by atoms with Crippen LogP contribution < -0.4 is 10.1 Å². The zero-order chi connectivity index (χ0) is 13.0. The number of ether oxygens (including phenoxy) is 1. The minimum Gasteiger partial charge on any atom is -0.490 e. The average molecular weight is 247 g/mol. The highest BCUT2D eigenvalue weighted by Gasteiger charge is 2.16. The summed E-state index contributed by atoms with van der Waals surface area (Å²) in [6, 6.07) is 8.36. The van der Waals surface area contributed by atoms with Gasteiger partial charge in [0.15, 0.2) is 0 Å². The van der Waals surface area contributed by atoms with E-state index in [1.165, 1.54) is 31.4 Å². The second kappa shape index (κ2) is 5.64. The third-order valence-electron chi connectivity index (χ3n) is 3.28. The van der Waals surface area contributed by atoms with Gasteiger partial charge >= 0.3 is 0 Å². The van der Waals surface area contributed by atoms with Crippen LogP contribution in [0.5, 0.6) is 5.75 Å². The summed E-state index contributed by atoms with van der Waals surface area (Å²) in [7, 11) is 0. The van der Waals surface area contributed by atoms with Crippen molar-refractivity contribution in [3.8, 4) is 5.75 Å². The summed E-state index contributed by atoms with van der Waals surface area (Å²) in [6.07, 6.45) is 5.50. The van der Waals surface area contributed by atoms with Crippen LogP contribution in [0, 0.1) is 5.41 Å². The lowest BCUT2D eigenvalue weighted by atomic mass is 9.97. The van der Waals surface area contributed by atoms with Crippen LogP contribution in [0.15, 0.2) is 24.3 Å². The van der Waals surface area contributed by atoms with E-state index < -0.39 is 0 Å². The highest BCUT2D eigenvalue weighted by Crippen LogP contribution is 2.25. The summed E-state index contributed by atoms with van der Waals surface area (Å²) in [6.45, 7) is 7.68. The zero-order valence-electron chi connectivity index (χ0n) is 11.8. The van der Waals surface area contributed by atoms with Gasteiger partial charge in [-0.1, -0.05) is 20.8 Å². The molecule has 1 aliphatic rings. The van der Waals surface area contributed by atoms with Gasteiger partial charge in [-0.25, -0.2) is 0 Å². The molecule has 2 heteroatoms. The molecule has 1 aliphatic carbocycles. The van der Waals surface area contributed by atoms with Gasteiger partial charge < -0.3 is 10.1 Å². The molecular weight excluding hydrogens is 222 g/mol. The van der Waals surface area contributed by atoms with Crippen molar-refractivity contribution < 1.29 is 4.74 Å². The number of anilines is 1. The maximum Gasteiger partial charge on any atom is 0.119 e. The molecule has 100 valence electrons. The van der Waals surface area contributed by atoms with Gasteiger partial charge in [-0.15, -0.1) is 0 Å². The van der Waals surface area contributed by atoms with Gasteiger partial charge in [0, 0.05) is 12.2 Å². The van der Waals surface area contributed by atoms with Crippen molar-refractivity contribution in [1.29, 1.82) is 0 Å². The fraction of sp³-hybridized carbons (Fsp3) is 0.625. The van der Waals surface area contributed by atoms with Crippen molar-refractivity contribution >= 4 is 5.69 Å². The Bertz CT molecular complexity index is 358. The largest absolute Gasteiger partial charge is 0.490 e. The van der Waals surface area contributed by atoms with Crippen LogP contribution in [0.4, 0.5) is 5.69 Å². The molecule has 0 radical (unpaired) electrons. The number of hydrogen-bond acceptors (Lipinski definition) is 2. The molecule has 0 aromatic heterocycles. The molecule has 0 unspecified atom stereocenters. The molecule has 2 rings (SSSR count). The lowest BCUT2D eigenvalue weighted by Gasteiger charge is -2.20. The first kappa shape index (κ1) is 13.3. The standard InChI is InChI=1S/C16H25NO/c1-16(2,3)12-17-13-8-10-15(11-9-13)18-14-6-4-5-7-14/h8-11,14,17H,4-7,12H2,1-3H3. The fourth-order valence-electron chi connectivity index (χ4n) is 2.22. The van der Waals surface area contributed by atoms with Crippen molar-refractivity contribution in [1.82, 2.24) is 0 Å². The Morgan fingerprint density at radius 2 is 1.72 bits per heavy atom. The molecule has 18 heavy (non-hydrogen) atoms. The quantitative estimate of drug-likeness (QED) is 0.847. The first-order valence-electron chi connectivity index (χ1n) is 7.03. The molecule has 0 aliphatic heterocycles. The number of nitrogens with one attached hydrogen (secondary N) is 1. The normalized spacial score (nSPS) is 16.8. The molecular formula is C16H25NO. The van der Waals surface area contributed by atoms with Gasteiger partial charge in [0.1, 0.15) is 5.75 Å². The van der Waals surface area contributed by atoms with Crippen molar-refractivity contribution in [2.75, 3.05) is 11.9 Å². The summed E-state index contributed by atoms with van der Waals surface area (Å²) >= 11 is 0. The Morgan fingerprint density at radius 3 is 2.28 bits per heavy atom. The predicted molar refractivity (Wildman–Crippen MR) is 77.3 cm³/mol. The second-order valence-corrected chi connectivity index (χ2v) is 6.46. The van der Waals surface area contributed by atoms with Crippen molar-refractivity contribution in [3.05, 3.63) is 24.3 Å². The van der Waals surface area contributed by atoms with E-state index in [9.17, 15) is 0 Å². The molecule has 1 aromatic rings. The smallest absolute Gasteiger partial charge is 0.119 e. The Labute approximate surface area is 111 Å². The molecule has 1 N–H and O–H groups in total. The minimum absolute atomic E-state index is 0.305. The fourth-order valence-corrected chi connectivity index (χ4v) is 2.22. The van der Waals surface area contributed by atoms with Crippen LogP contribution in [-0.2, 0) is 0 Å². The van der Waals surface area contributed by atoms with E-state index in [-0.39, 0.29) is 0 Å². The van der Waals surface area contributed by atoms with Gasteiger partial charge in [-0.2, -0.15) is 0 Å². The summed E-state index contributed by atoms with van der Waals surface area (Å²) < 4.78 is 5.95. The maximum atomic E-state index is 5.95. The van der Waals surface area contributed by atoms with Crippen LogP contribution in [-0.4, -0.2) is 12.6 Å². The lowest BCUT2D eigenvalue weighted by molar-refractivity contribution is 0.210. The van der Waals surface area contributed by atoms with Crippen molar-refractivity contribution in [3.63, 3.8) is 0 Å². The highest BCUT2D eigenvalue weighted by atomic mass is 16.5. The molecule has 1 fully saturated rings. The van der Waals surface area contributed by atoms with Crippen LogP contribution in [0.3, 0.4) is 0 Å². The average Bonchev–Trinajstić information content (AvgIpc) is 2.80. The van der Waals surface area contributed by atoms with Crippen LogP contribution in [0.25, 0.3) is 0 Å².